The Morgan fingerprint density at radius 3 is 2.21 bits per heavy atom. The lowest BCUT2D eigenvalue weighted by Gasteiger charge is -2.13. The average Bonchev–Trinajstić information content (AvgIpc) is 2.60. The third kappa shape index (κ3) is 3.83. The van der Waals surface area contributed by atoms with E-state index in [4.69, 9.17) is 0 Å². The van der Waals surface area contributed by atoms with Crippen LogP contribution in [0, 0.1) is 0 Å². The van der Waals surface area contributed by atoms with Gasteiger partial charge in [-0.2, -0.15) is 0 Å². The standard InChI is InChI=1S/C22H25N2/c1-4-13-24-14-11-18(12-15-24)5-6-19-7-8-21-17-22(23(2)3)10-9-20(21)16-19/h5-12,14-17H,4,13H2,1-3H3/q+1. The summed E-state index contributed by atoms with van der Waals surface area (Å²) in [4.78, 5) is 2.13. The lowest BCUT2D eigenvalue weighted by Crippen LogP contribution is -2.31. The van der Waals surface area contributed by atoms with Crippen molar-refractivity contribution in [2.45, 2.75) is 19.9 Å². The quantitative estimate of drug-likeness (QED) is 0.615. The van der Waals surface area contributed by atoms with Gasteiger partial charge in [0.1, 0.15) is 6.54 Å². The van der Waals surface area contributed by atoms with Gasteiger partial charge >= 0.3 is 0 Å². The van der Waals surface area contributed by atoms with E-state index >= 15 is 0 Å². The minimum atomic E-state index is 1.07. The minimum Gasteiger partial charge on any atom is -0.378 e. The zero-order valence-electron chi connectivity index (χ0n) is 14.7. The van der Waals surface area contributed by atoms with Crippen LogP contribution in [0.25, 0.3) is 22.9 Å². The van der Waals surface area contributed by atoms with E-state index < -0.39 is 0 Å². The number of anilines is 1. The van der Waals surface area contributed by atoms with E-state index in [0.717, 1.165) is 13.0 Å². The molecule has 0 atom stereocenters. The first-order valence-corrected chi connectivity index (χ1v) is 8.54. The molecule has 1 heterocycles. The summed E-state index contributed by atoms with van der Waals surface area (Å²) in [5, 5.41) is 2.55. The number of benzene rings is 2. The third-order valence-electron chi connectivity index (χ3n) is 4.23. The molecular weight excluding hydrogens is 292 g/mol. The highest BCUT2D eigenvalue weighted by Crippen LogP contribution is 2.22. The van der Waals surface area contributed by atoms with E-state index in [1.54, 1.807) is 0 Å². The number of aryl methyl sites for hydroxylation is 1. The summed E-state index contributed by atoms with van der Waals surface area (Å²) >= 11 is 0. The van der Waals surface area contributed by atoms with E-state index in [1.807, 2.05) is 0 Å². The van der Waals surface area contributed by atoms with Crippen LogP contribution in [0.2, 0.25) is 0 Å². The maximum absolute atomic E-state index is 2.24. The molecule has 2 aromatic carbocycles. The zero-order valence-corrected chi connectivity index (χ0v) is 14.7. The zero-order chi connectivity index (χ0) is 16.9. The molecule has 0 amide bonds. The second kappa shape index (κ2) is 7.31. The van der Waals surface area contributed by atoms with E-state index in [1.165, 1.54) is 27.6 Å². The van der Waals surface area contributed by atoms with Crippen molar-refractivity contribution in [3.63, 3.8) is 0 Å². The Bertz CT molecular complexity index is 845. The van der Waals surface area contributed by atoms with Crippen LogP contribution in [-0.2, 0) is 6.54 Å². The molecule has 24 heavy (non-hydrogen) atoms. The highest BCUT2D eigenvalue weighted by atomic mass is 15.1. The second-order valence-corrected chi connectivity index (χ2v) is 6.39. The first kappa shape index (κ1) is 16.3. The van der Waals surface area contributed by atoms with Crippen LogP contribution in [0.3, 0.4) is 0 Å². The van der Waals surface area contributed by atoms with Gasteiger partial charge < -0.3 is 4.90 Å². The number of pyridine rings is 1. The average molecular weight is 317 g/mol. The Hall–Kier alpha value is -2.61. The number of nitrogens with zero attached hydrogens (tertiary/aromatic N) is 2. The molecule has 0 spiro atoms. The molecule has 1 aromatic heterocycles. The molecule has 2 nitrogen and oxygen atoms in total. The van der Waals surface area contributed by atoms with Gasteiger partial charge in [-0.25, -0.2) is 4.57 Å². The fourth-order valence-electron chi connectivity index (χ4n) is 2.81. The van der Waals surface area contributed by atoms with Crippen molar-refractivity contribution >= 4 is 28.6 Å². The summed E-state index contributed by atoms with van der Waals surface area (Å²) in [6.45, 7) is 3.27. The van der Waals surface area contributed by atoms with Crippen molar-refractivity contribution in [1.29, 1.82) is 0 Å². The molecule has 0 aliphatic carbocycles. The molecule has 0 aliphatic rings. The molecule has 0 fully saturated rings. The molecule has 0 N–H and O–H groups in total. The van der Waals surface area contributed by atoms with E-state index in [-0.39, 0.29) is 0 Å². The van der Waals surface area contributed by atoms with Crippen molar-refractivity contribution in [3.05, 3.63) is 72.1 Å². The van der Waals surface area contributed by atoms with Crippen LogP contribution < -0.4 is 9.47 Å². The number of aromatic nitrogens is 1. The first-order valence-electron chi connectivity index (χ1n) is 8.54. The summed E-state index contributed by atoms with van der Waals surface area (Å²) in [7, 11) is 4.14. The van der Waals surface area contributed by atoms with E-state index in [2.05, 4.69) is 104 Å². The molecular formula is C22H25N2+. The van der Waals surface area contributed by atoms with Crippen LogP contribution >= 0.6 is 0 Å². The fraction of sp³-hybridized carbons (Fsp3) is 0.227. The van der Waals surface area contributed by atoms with Crippen LogP contribution in [-0.4, -0.2) is 14.1 Å². The highest BCUT2D eigenvalue weighted by molar-refractivity contribution is 5.88. The van der Waals surface area contributed by atoms with Crippen LogP contribution in [0.4, 0.5) is 5.69 Å². The van der Waals surface area contributed by atoms with Crippen molar-refractivity contribution in [2.75, 3.05) is 19.0 Å². The summed E-state index contributed by atoms with van der Waals surface area (Å²) < 4.78 is 2.22. The lowest BCUT2D eigenvalue weighted by molar-refractivity contribution is -0.697. The number of hydrogen-bond donors (Lipinski definition) is 0. The van der Waals surface area contributed by atoms with Gasteiger partial charge in [-0.1, -0.05) is 37.3 Å². The van der Waals surface area contributed by atoms with Gasteiger partial charge in [0, 0.05) is 38.3 Å². The van der Waals surface area contributed by atoms with Crippen molar-refractivity contribution in [2.24, 2.45) is 0 Å². The van der Waals surface area contributed by atoms with Crippen molar-refractivity contribution in [3.8, 4) is 0 Å². The van der Waals surface area contributed by atoms with Gasteiger partial charge in [0.25, 0.3) is 0 Å². The van der Waals surface area contributed by atoms with Crippen LogP contribution in [0.15, 0.2) is 60.9 Å². The molecule has 0 saturated carbocycles. The SMILES string of the molecule is CCC[n+]1ccc(/C=C/c2ccc3cc(N(C)C)ccc3c2)cc1. The van der Waals surface area contributed by atoms with Gasteiger partial charge in [0.05, 0.1) is 0 Å². The Balaban J connectivity index is 1.80. The maximum Gasteiger partial charge on any atom is 0.169 e. The Labute approximate surface area is 144 Å². The molecule has 3 rings (SSSR count). The van der Waals surface area contributed by atoms with E-state index in [0.29, 0.717) is 0 Å². The Kier molecular flexibility index (Phi) is 4.95. The largest absolute Gasteiger partial charge is 0.378 e. The summed E-state index contributed by atoms with van der Waals surface area (Å²) in [6.07, 6.45) is 9.80. The van der Waals surface area contributed by atoms with Crippen LogP contribution in [0.1, 0.15) is 24.5 Å². The van der Waals surface area contributed by atoms with Gasteiger partial charge in [-0.3, -0.25) is 0 Å². The lowest BCUT2D eigenvalue weighted by atomic mass is 10.1. The molecule has 3 aromatic rings. The maximum atomic E-state index is 2.24. The molecule has 0 saturated heterocycles. The summed E-state index contributed by atoms with van der Waals surface area (Å²) in [5.74, 6) is 0. The van der Waals surface area contributed by atoms with Gasteiger partial charge in [-0.05, 0) is 40.1 Å². The molecule has 0 aliphatic heterocycles. The predicted molar refractivity (Wildman–Crippen MR) is 104 cm³/mol. The van der Waals surface area contributed by atoms with Crippen LogP contribution in [0.5, 0.6) is 0 Å². The predicted octanol–water partition coefficient (Wildman–Crippen LogP) is 4.77. The summed E-state index contributed by atoms with van der Waals surface area (Å²) in [6, 6.07) is 17.5. The molecule has 0 radical (unpaired) electrons. The van der Waals surface area contributed by atoms with Gasteiger partial charge in [0.15, 0.2) is 12.4 Å². The summed E-state index contributed by atoms with van der Waals surface area (Å²) in [5.41, 5.74) is 3.69. The smallest absolute Gasteiger partial charge is 0.169 e. The molecule has 0 bridgehead atoms. The Morgan fingerprint density at radius 1 is 0.833 bits per heavy atom. The highest BCUT2D eigenvalue weighted by Gasteiger charge is 2.00. The third-order valence-corrected chi connectivity index (χ3v) is 4.23. The van der Waals surface area contributed by atoms with E-state index in [9.17, 15) is 0 Å². The van der Waals surface area contributed by atoms with Crippen molar-refractivity contribution < 1.29 is 4.57 Å². The Morgan fingerprint density at radius 2 is 1.50 bits per heavy atom. The first-order chi connectivity index (χ1) is 11.7. The topological polar surface area (TPSA) is 7.12 Å². The number of fused-ring (bicyclic) bond motifs is 1. The number of hydrogen-bond acceptors (Lipinski definition) is 1. The molecule has 122 valence electrons. The molecule has 2 heteroatoms. The molecule has 0 unspecified atom stereocenters. The van der Waals surface area contributed by atoms with Gasteiger partial charge in [0.2, 0.25) is 0 Å². The normalized spacial score (nSPS) is 11.3. The van der Waals surface area contributed by atoms with Gasteiger partial charge in [-0.15, -0.1) is 0 Å². The van der Waals surface area contributed by atoms with Crippen molar-refractivity contribution in [1.82, 2.24) is 0 Å². The monoisotopic (exact) mass is 317 g/mol. The second-order valence-electron chi connectivity index (χ2n) is 6.39. The number of rotatable bonds is 5. The fourth-order valence-corrected chi connectivity index (χ4v) is 2.81. The minimum absolute atomic E-state index is 1.07.